The van der Waals surface area contributed by atoms with Gasteiger partial charge in [-0.2, -0.15) is 0 Å². The molecule has 0 bridgehead atoms. The van der Waals surface area contributed by atoms with Crippen LogP contribution < -0.4 is 5.32 Å². The van der Waals surface area contributed by atoms with E-state index in [-0.39, 0.29) is 5.97 Å². The van der Waals surface area contributed by atoms with Crippen LogP contribution in [0.3, 0.4) is 0 Å². The molecule has 0 fully saturated rings. The number of pyridine rings is 1. The third-order valence-corrected chi connectivity index (χ3v) is 2.61. The summed E-state index contributed by atoms with van der Waals surface area (Å²) in [6.45, 7) is 3.50. The normalized spacial score (nSPS) is 11.7. The maximum atomic E-state index is 11.7. The Morgan fingerprint density at radius 2 is 2.21 bits per heavy atom. The molecule has 1 aromatic rings. The lowest BCUT2D eigenvalue weighted by molar-refractivity contribution is -0.153. The first-order valence-corrected chi connectivity index (χ1v) is 6.52. The molecule has 0 saturated heterocycles. The predicted octanol–water partition coefficient (Wildman–Crippen LogP) is 2.80. The molecule has 0 aromatic carbocycles. The zero-order chi connectivity index (χ0) is 14.3. The molecule has 0 aliphatic carbocycles. The summed E-state index contributed by atoms with van der Waals surface area (Å²) >= 11 is 5.68. The topological polar surface area (TPSA) is 68.3 Å². The van der Waals surface area contributed by atoms with Crippen molar-refractivity contribution in [1.82, 2.24) is 4.98 Å². The van der Waals surface area contributed by atoms with Crippen LogP contribution in [0.5, 0.6) is 0 Å². The molecular weight excluding hydrogens is 268 g/mol. The number of amides is 1. The van der Waals surface area contributed by atoms with Gasteiger partial charge in [0.15, 0.2) is 6.10 Å². The molecule has 1 N–H and O–H groups in total. The van der Waals surface area contributed by atoms with Gasteiger partial charge in [0.25, 0.3) is 5.91 Å². The average molecular weight is 285 g/mol. The van der Waals surface area contributed by atoms with Crippen LogP contribution >= 0.6 is 11.6 Å². The monoisotopic (exact) mass is 284 g/mol. The minimum atomic E-state index is -0.846. The van der Waals surface area contributed by atoms with E-state index < -0.39 is 12.0 Å². The van der Waals surface area contributed by atoms with Gasteiger partial charge in [-0.15, -0.1) is 0 Å². The summed E-state index contributed by atoms with van der Waals surface area (Å²) in [6, 6.07) is 3.19. The summed E-state index contributed by atoms with van der Waals surface area (Å²) < 4.78 is 5.01. The largest absolute Gasteiger partial charge is 0.453 e. The molecule has 1 amide bonds. The SMILES string of the molecule is CCCCC(=O)O[C@@H](C)C(=O)Nc1ccc(Cl)cn1. The number of halogens is 1. The molecular formula is C13H17ClN2O3. The third kappa shape index (κ3) is 5.70. The van der Waals surface area contributed by atoms with Crippen molar-refractivity contribution in [1.29, 1.82) is 0 Å². The fraction of sp³-hybridized carbons (Fsp3) is 0.462. The van der Waals surface area contributed by atoms with Gasteiger partial charge in [0.2, 0.25) is 0 Å². The zero-order valence-corrected chi connectivity index (χ0v) is 11.7. The van der Waals surface area contributed by atoms with Crippen molar-refractivity contribution in [2.75, 3.05) is 5.32 Å². The number of carbonyl (C=O) groups excluding carboxylic acids is 2. The average Bonchev–Trinajstić information content (AvgIpc) is 2.39. The van der Waals surface area contributed by atoms with E-state index in [2.05, 4.69) is 10.3 Å². The molecule has 1 aromatic heterocycles. The van der Waals surface area contributed by atoms with Crippen LogP contribution in [0.15, 0.2) is 18.3 Å². The third-order valence-electron chi connectivity index (χ3n) is 2.39. The van der Waals surface area contributed by atoms with E-state index in [4.69, 9.17) is 16.3 Å². The quantitative estimate of drug-likeness (QED) is 0.816. The minimum absolute atomic E-state index is 0.327. The van der Waals surface area contributed by atoms with Gasteiger partial charge >= 0.3 is 5.97 Å². The highest BCUT2D eigenvalue weighted by Gasteiger charge is 2.17. The molecule has 6 heteroatoms. The van der Waals surface area contributed by atoms with Crippen LogP contribution in [0, 0.1) is 0 Å². The number of hydrogen-bond acceptors (Lipinski definition) is 4. The minimum Gasteiger partial charge on any atom is -0.453 e. The van der Waals surface area contributed by atoms with Crippen molar-refractivity contribution in [2.45, 2.75) is 39.2 Å². The van der Waals surface area contributed by atoms with Gasteiger partial charge < -0.3 is 10.1 Å². The van der Waals surface area contributed by atoms with Crippen molar-refractivity contribution in [3.8, 4) is 0 Å². The molecule has 5 nitrogen and oxygen atoms in total. The smallest absolute Gasteiger partial charge is 0.306 e. The Labute approximate surface area is 117 Å². The molecule has 1 rings (SSSR count). The first-order chi connectivity index (χ1) is 9.02. The van der Waals surface area contributed by atoms with Crippen LogP contribution in [0.1, 0.15) is 33.1 Å². The van der Waals surface area contributed by atoms with Gasteiger partial charge in [0.1, 0.15) is 5.82 Å². The lowest BCUT2D eigenvalue weighted by Gasteiger charge is -2.12. The molecule has 1 atom stereocenters. The van der Waals surface area contributed by atoms with Gasteiger partial charge in [-0.3, -0.25) is 9.59 Å². The van der Waals surface area contributed by atoms with Gasteiger partial charge in [-0.05, 0) is 25.5 Å². The van der Waals surface area contributed by atoms with E-state index >= 15 is 0 Å². The molecule has 0 radical (unpaired) electrons. The molecule has 104 valence electrons. The number of nitrogens with one attached hydrogen (secondary N) is 1. The zero-order valence-electron chi connectivity index (χ0n) is 11.0. The van der Waals surface area contributed by atoms with Crippen molar-refractivity contribution in [3.63, 3.8) is 0 Å². The highest BCUT2D eigenvalue weighted by atomic mass is 35.5. The summed E-state index contributed by atoms with van der Waals surface area (Å²) in [5.41, 5.74) is 0. The molecule has 0 unspecified atom stereocenters. The summed E-state index contributed by atoms with van der Waals surface area (Å²) in [5, 5.41) is 3.03. The van der Waals surface area contributed by atoms with Gasteiger partial charge in [0.05, 0.1) is 5.02 Å². The van der Waals surface area contributed by atoms with Gasteiger partial charge in [0, 0.05) is 12.6 Å². The van der Waals surface area contributed by atoms with Crippen molar-refractivity contribution < 1.29 is 14.3 Å². The van der Waals surface area contributed by atoms with Crippen LogP contribution in [0.4, 0.5) is 5.82 Å². The maximum Gasteiger partial charge on any atom is 0.306 e. The Morgan fingerprint density at radius 3 is 2.79 bits per heavy atom. The summed E-state index contributed by atoms with van der Waals surface area (Å²) in [6.07, 6.45) is 2.57. The number of nitrogens with zero attached hydrogens (tertiary/aromatic N) is 1. The second-order valence-electron chi connectivity index (χ2n) is 4.09. The standard InChI is InChI=1S/C13H17ClN2O3/c1-3-4-5-12(17)19-9(2)13(18)16-11-7-6-10(14)8-15-11/h6-9H,3-5H2,1-2H3,(H,15,16,18)/t9-/m0/s1. The highest BCUT2D eigenvalue weighted by Crippen LogP contribution is 2.10. The van der Waals surface area contributed by atoms with Crippen LogP contribution in [-0.4, -0.2) is 23.0 Å². The fourth-order valence-electron chi connectivity index (χ4n) is 1.31. The van der Waals surface area contributed by atoms with E-state index in [0.717, 1.165) is 12.8 Å². The van der Waals surface area contributed by atoms with E-state index in [1.54, 1.807) is 12.1 Å². The number of hydrogen-bond donors (Lipinski definition) is 1. The summed E-state index contributed by atoms with van der Waals surface area (Å²) in [4.78, 5) is 27.0. The molecule has 19 heavy (non-hydrogen) atoms. The molecule has 0 aliphatic heterocycles. The van der Waals surface area contributed by atoms with Crippen molar-refractivity contribution >= 4 is 29.3 Å². The summed E-state index contributed by atoms with van der Waals surface area (Å²) in [7, 11) is 0. The number of rotatable bonds is 6. The first-order valence-electron chi connectivity index (χ1n) is 6.14. The van der Waals surface area contributed by atoms with Crippen LogP contribution in [-0.2, 0) is 14.3 Å². The van der Waals surface area contributed by atoms with Gasteiger partial charge in [-0.25, -0.2) is 4.98 Å². The Bertz CT molecular complexity index is 434. The molecule has 0 aliphatic rings. The predicted molar refractivity (Wildman–Crippen MR) is 73.0 cm³/mol. The van der Waals surface area contributed by atoms with E-state index in [1.165, 1.54) is 13.1 Å². The number of aromatic nitrogens is 1. The Kier molecular flexibility index (Phi) is 6.29. The first kappa shape index (κ1) is 15.4. The second kappa shape index (κ2) is 7.74. The molecule has 0 spiro atoms. The molecule has 1 heterocycles. The number of ether oxygens (including phenoxy) is 1. The highest BCUT2D eigenvalue weighted by molar-refractivity contribution is 6.30. The van der Waals surface area contributed by atoms with E-state index in [9.17, 15) is 9.59 Å². The number of carbonyl (C=O) groups is 2. The number of esters is 1. The maximum absolute atomic E-state index is 11.7. The number of anilines is 1. The van der Waals surface area contributed by atoms with Crippen LogP contribution in [0.25, 0.3) is 0 Å². The lowest BCUT2D eigenvalue weighted by Crippen LogP contribution is -2.30. The van der Waals surface area contributed by atoms with Crippen LogP contribution in [0.2, 0.25) is 5.02 Å². The van der Waals surface area contributed by atoms with Gasteiger partial charge in [-0.1, -0.05) is 24.9 Å². The fourth-order valence-corrected chi connectivity index (χ4v) is 1.42. The Hall–Kier alpha value is -1.62. The lowest BCUT2D eigenvalue weighted by atomic mass is 10.2. The Morgan fingerprint density at radius 1 is 1.47 bits per heavy atom. The van der Waals surface area contributed by atoms with E-state index in [1.807, 2.05) is 6.92 Å². The number of unbranched alkanes of at least 4 members (excludes halogenated alkanes) is 1. The molecule has 0 saturated carbocycles. The Balaban J connectivity index is 2.44. The second-order valence-corrected chi connectivity index (χ2v) is 4.52. The van der Waals surface area contributed by atoms with E-state index in [0.29, 0.717) is 17.3 Å². The summed E-state index contributed by atoms with van der Waals surface area (Å²) in [5.74, 6) is -0.418. The van der Waals surface area contributed by atoms with Crippen molar-refractivity contribution in [2.24, 2.45) is 0 Å². The van der Waals surface area contributed by atoms with Crippen molar-refractivity contribution in [3.05, 3.63) is 23.4 Å².